The van der Waals surface area contributed by atoms with Crippen LogP contribution >= 0.6 is 0 Å². The van der Waals surface area contributed by atoms with Crippen LogP contribution in [-0.4, -0.2) is 33.5 Å². The molecule has 0 saturated heterocycles. The van der Waals surface area contributed by atoms with Crippen LogP contribution in [0.3, 0.4) is 0 Å². The molecule has 0 fully saturated rings. The van der Waals surface area contributed by atoms with Gasteiger partial charge in [-0.05, 0) is 29.8 Å². The molecule has 0 aliphatic carbocycles. The maximum Gasteiger partial charge on any atom is 0.261 e. The monoisotopic (exact) mass is 295 g/mol. The standard InChI is InChI=1S/C17H13NO4/c19-14-8-7-11(10-15(14)20)4-3-9-18-16(21)12-5-1-2-6-13(12)17(18)22/h1-8,10,19-20H,9H2. The number of carbonyl (C=O) groups is 2. The summed E-state index contributed by atoms with van der Waals surface area (Å²) in [5.41, 5.74) is 1.50. The van der Waals surface area contributed by atoms with Crippen molar-refractivity contribution in [3.8, 4) is 11.5 Å². The van der Waals surface area contributed by atoms with Gasteiger partial charge in [-0.15, -0.1) is 0 Å². The summed E-state index contributed by atoms with van der Waals surface area (Å²) in [5.74, 6) is -1.03. The van der Waals surface area contributed by atoms with Crippen molar-refractivity contribution in [2.24, 2.45) is 0 Å². The second-order valence-electron chi connectivity index (χ2n) is 4.92. The van der Waals surface area contributed by atoms with Crippen LogP contribution in [0.1, 0.15) is 26.3 Å². The summed E-state index contributed by atoms with van der Waals surface area (Å²) >= 11 is 0. The molecule has 0 spiro atoms. The Labute approximate surface area is 126 Å². The van der Waals surface area contributed by atoms with Crippen LogP contribution in [0, 0.1) is 0 Å². The minimum Gasteiger partial charge on any atom is -0.504 e. The molecule has 0 saturated carbocycles. The van der Waals surface area contributed by atoms with E-state index in [1.54, 1.807) is 42.5 Å². The van der Waals surface area contributed by atoms with Gasteiger partial charge in [-0.2, -0.15) is 0 Å². The average molecular weight is 295 g/mol. The lowest BCUT2D eigenvalue weighted by molar-refractivity contribution is 0.0672. The molecule has 1 heterocycles. The number of amides is 2. The van der Waals surface area contributed by atoms with Crippen LogP contribution < -0.4 is 0 Å². The molecule has 2 N–H and O–H groups in total. The Hall–Kier alpha value is -3.08. The number of phenols is 2. The molecule has 0 radical (unpaired) electrons. The van der Waals surface area contributed by atoms with Gasteiger partial charge in [0.25, 0.3) is 11.8 Å². The van der Waals surface area contributed by atoms with Crippen LogP contribution in [0.25, 0.3) is 6.08 Å². The quantitative estimate of drug-likeness (QED) is 0.673. The summed E-state index contributed by atoms with van der Waals surface area (Å²) in [7, 11) is 0. The van der Waals surface area contributed by atoms with Crippen molar-refractivity contribution < 1.29 is 19.8 Å². The number of phenolic OH excluding ortho intramolecular Hbond substituents is 2. The number of carbonyl (C=O) groups excluding carboxylic acids is 2. The minimum atomic E-state index is -0.307. The molecule has 2 aromatic carbocycles. The Morgan fingerprint density at radius 3 is 2.14 bits per heavy atom. The van der Waals surface area contributed by atoms with Gasteiger partial charge in [0.15, 0.2) is 11.5 Å². The maximum absolute atomic E-state index is 12.1. The number of aromatic hydroxyl groups is 2. The van der Waals surface area contributed by atoms with Gasteiger partial charge in [-0.1, -0.05) is 30.4 Å². The Kier molecular flexibility index (Phi) is 3.39. The molecule has 5 heteroatoms. The zero-order valence-electron chi connectivity index (χ0n) is 11.6. The first kappa shape index (κ1) is 13.9. The van der Waals surface area contributed by atoms with E-state index >= 15 is 0 Å². The second kappa shape index (κ2) is 5.37. The van der Waals surface area contributed by atoms with E-state index in [1.807, 2.05) is 0 Å². The first-order valence-corrected chi connectivity index (χ1v) is 6.71. The van der Waals surface area contributed by atoms with Crippen LogP contribution in [0.15, 0.2) is 48.5 Å². The van der Waals surface area contributed by atoms with Crippen molar-refractivity contribution in [3.63, 3.8) is 0 Å². The summed E-state index contributed by atoms with van der Waals surface area (Å²) in [6, 6.07) is 11.1. The van der Waals surface area contributed by atoms with E-state index in [2.05, 4.69) is 0 Å². The van der Waals surface area contributed by atoms with E-state index in [1.165, 1.54) is 17.0 Å². The van der Waals surface area contributed by atoms with Gasteiger partial charge in [-0.25, -0.2) is 0 Å². The SMILES string of the molecule is O=C1c2ccccc2C(=O)N1CC=Cc1ccc(O)c(O)c1. The molecule has 0 aromatic heterocycles. The molecule has 5 nitrogen and oxygen atoms in total. The number of nitrogens with zero attached hydrogens (tertiary/aromatic N) is 1. The summed E-state index contributed by atoms with van der Waals surface area (Å²) in [6.07, 6.45) is 3.33. The topological polar surface area (TPSA) is 77.8 Å². The molecule has 3 rings (SSSR count). The zero-order chi connectivity index (χ0) is 15.7. The fourth-order valence-electron chi connectivity index (χ4n) is 2.34. The number of hydrogen-bond donors (Lipinski definition) is 2. The summed E-state index contributed by atoms with van der Waals surface area (Å²) in [4.78, 5) is 25.5. The van der Waals surface area contributed by atoms with Crippen molar-refractivity contribution in [2.45, 2.75) is 0 Å². The fourth-order valence-corrected chi connectivity index (χ4v) is 2.34. The fraction of sp³-hybridized carbons (Fsp3) is 0.0588. The van der Waals surface area contributed by atoms with Gasteiger partial charge >= 0.3 is 0 Å². The normalized spacial score (nSPS) is 13.9. The van der Waals surface area contributed by atoms with Gasteiger partial charge < -0.3 is 10.2 Å². The summed E-state index contributed by atoms with van der Waals surface area (Å²) in [5, 5.41) is 18.7. The van der Waals surface area contributed by atoms with Gasteiger partial charge in [0.2, 0.25) is 0 Å². The summed E-state index contributed by atoms with van der Waals surface area (Å²) < 4.78 is 0. The van der Waals surface area contributed by atoms with E-state index in [9.17, 15) is 19.8 Å². The molecule has 22 heavy (non-hydrogen) atoms. The van der Waals surface area contributed by atoms with Crippen molar-refractivity contribution in [1.82, 2.24) is 4.90 Å². The highest BCUT2D eigenvalue weighted by Gasteiger charge is 2.33. The lowest BCUT2D eigenvalue weighted by atomic mass is 10.1. The first-order chi connectivity index (χ1) is 10.6. The molecule has 2 amide bonds. The van der Waals surface area contributed by atoms with Crippen molar-refractivity contribution in [1.29, 1.82) is 0 Å². The Morgan fingerprint density at radius 1 is 0.909 bits per heavy atom. The predicted molar refractivity (Wildman–Crippen MR) is 80.6 cm³/mol. The van der Waals surface area contributed by atoms with Crippen molar-refractivity contribution in [3.05, 3.63) is 65.2 Å². The number of hydrogen-bond acceptors (Lipinski definition) is 4. The van der Waals surface area contributed by atoms with Crippen LogP contribution in [0.4, 0.5) is 0 Å². The molecular weight excluding hydrogens is 282 g/mol. The van der Waals surface area contributed by atoms with Gasteiger partial charge in [0.05, 0.1) is 11.1 Å². The highest BCUT2D eigenvalue weighted by atomic mass is 16.3. The van der Waals surface area contributed by atoms with Crippen molar-refractivity contribution >= 4 is 17.9 Å². The zero-order valence-corrected chi connectivity index (χ0v) is 11.6. The third-order valence-electron chi connectivity index (χ3n) is 3.48. The molecule has 2 aromatic rings. The lowest BCUT2D eigenvalue weighted by Gasteiger charge is -2.10. The molecule has 1 aliphatic rings. The molecule has 0 bridgehead atoms. The molecular formula is C17H13NO4. The summed E-state index contributed by atoms with van der Waals surface area (Å²) in [6.45, 7) is 0.147. The maximum atomic E-state index is 12.1. The van der Waals surface area contributed by atoms with E-state index in [0.29, 0.717) is 16.7 Å². The van der Waals surface area contributed by atoms with Gasteiger partial charge in [-0.3, -0.25) is 14.5 Å². The van der Waals surface area contributed by atoms with E-state index in [0.717, 1.165) is 0 Å². The van der Waals surface area contributed by atoms with Crippen LogP contribution in [0.2, 0.25) is 0 Å². The second-order valence-corrected chi connectivity index (χ2v) is 4.92. The smallest absolute Gasteiger partial charge is 0.261 e. The van der Waals surface area contributed by atoms with E-state index in [-0.39, 0.29) is 29.9 Å². The minimum absolute atomic E-state index is 0.147. The number of fused-ring (bicyclic) bond motifs is 1. The van der Waals surface area contributed by atoms with Gasteiger partial charge in [0.1, 0.15) is 0 Å². The van der Waals surface area contributed by atoms with Crippen LogP contribution in [-0.2, 0) is 0 Å². The number of rotatable bonds is 3. The third kappa shape index (κ3) is 2.33. The van der Waals surface area contributed by atoms with Crippen LogP contribution in [0.5, 0.6) is 11.5 Å². The molecule has 110 valence electrons. The first-order valence-electron chi connectivity index (χ1n) is 6.71. The van der Waals surface area contributed by atoms with Gasteiger partial charge in [0, 0.05) is 6.54 Å². The Bertz CT molecular complexity index is 760. The van der Waals surface area contributed by atoms with Crippen molar-refractivity contribution in [2.75, 3.05) is 6.54 Å². The number of benzene rings is 2. The molecule has 1 aliphatic heterocycles. The van der Waals surface area contributed by atoms with E-state index in [4.69, 9.17) is 0 Å². The number of imide groups is 1. The highest BCUT2D eigenvalue weighted by molar-refractivity contribution is 6.21. The lowest BCUT2D eigenvalue weighted by Crippen LogP contribution is -2.29. The Balaban J connectivity index is 1.75. The Morgan fingerprint density at radius 2 is 1.55 bits per heavy atom. The molecule has 0 atom stereocenters. The predicted octanol–water partition coefficient (Wildman–Crippen LogP) is 2.41. The molecule has 0 unspecified atom stereocenters. The highest BCUT2D eigenvalue weighted by Crippen LogP contribution is 2.26. The van der Waals surface area contributed by atoms with E-state index < -0.39 is 0 Å². The average Bonchev–Trinajstić information content (AvgIpc) is 2.76. The largest absolute Gasteiger partial charge is 0.504 e. The third-order valence-corrected chi connectivity index (χ3v) is 3.48.